The van der Waals surface area contributed by atoms with Crippen LogP contribution in [0.15, 0.2) is 18.5 Å². The van der Waals surface area contributed by atoms with Crippen LogP contribution < -0.4 is 0 Å². The largest absolute Gasteiger partial charge is 0.387 e. The molecule has 1 aromatic carbocycles. The fourth-order valence-corrected chi connectivity index (χ4v) is 3.80. The Hall–Kier alpha value is -2.66. The number of aromatic nitrogens is 3. The average molecular weight is 402 g/mol. The third kappa shape index (κ3) is 2.92. The Labute approximate surface area is 164 Å². The molecule has 3 aromatic rings. The minimum Gasteiger partial charge on any atom is -0.387 e. The number of nitrogens with one attached hydrogen (secondary N) is 1. The molecule has 4 rings (SSSR count). The molecule has 27 heavy (non-hydrogen) atoms. The van der Waals surface area contributed by atoms with Crippen LogP contribution in [-0.4, -0.2) is 44.0 Å². The molecule has 0 spiro atoms. The highest BCUT2D eigenvalue weighted by atomic mass is 35.5. The van der Waals surface area contributed by atoms with Crippen molar-refractivity contribution in [2.75, 3.05) is 13.2 Å². The van der Waals surface area contributed by atoms with Crippen molar-refractivity contribution in [1.29, 1.82) is 5.26 Å². The van der Waals surface area contributed by atoms with E-state index >= 15 is 0 Å². The highest BCUT2D eigenvalue weighted by Crippen LogP contribution is 2.42. The second-order valence-electron chi connectivity index (χ2n) is 6.18. The topological polar surface area (TPSA) is 106 Å². The van der Waals surface area contributed by atoms with Crippen LogP contribution in [0.25, 0.3) is 22.0 Å². The first-order valence-electron chi connectivity index (χ1n) is 8.16. The lowest BCUT2D eigenvalue weighted by Crippen LogP contribution is -2.37. The van der Waals surface area contributed by atoms with Crippen LogP contribution in [-0.2, 0) is 17.8 Å². The van der Waals surface area contributed by atoms with Crippen molar-refractivity contribution in [2.45, 2.75) is 13.0 Å². The molecule has 2 aromatic heterocycles. The fraction of sp³-hybridized carbons (Fsp3) is 0.222. The highest BCUT2D eigenvalue weighted by molar-refractivity contribution is 6.45. The summed E-state index contributed by atoms with van der Waals surface area (Å²) in [6, 6.07) is 3.62. The maximum absolute atomic E-state index is 11.9. The van der Waals surface area contributed by atoms with E-state index in [4.69, 9.17) is 28.5 Å². The minimum atomic E-state index is -0.527. The number of aliphatic hydroxyl groups is 1. The molecule has 0 radical (unpaired) electrons. The predicted molar refractivity (Wildman–Crippen MR) is 100 cm³/mol. The number of nitriles is 1. The summed E-state index contributed by atoms with van der Waals surface area (Å²) in [6.45, 7) is 0.345. The molecule has 136 valence electrons. The normalized spacial score (nSPS) is 13.5. The number of carbonyl (C=O) groups is 1. The predicted octanol–water partition coefficient (Wildman–Crippen LogP) is 2.68. The van der Waals surface area contributed by atoms with E-state index in [9.17, 15) is 9.90 Å². The van der Waals surface area contributed by atoms with Crippen molar-refractivity contribution < 1.29 is 9.90 Å². The van der Waals surface area contributed by atoms with Crippen molar-refractivity contribution >= 4 is 40.0 Å². The summed E-state index contributed by atoms with van der Waals surface area (Å²) in [7, 11) is 0. The molecular formula is C18H13Cl2N5O2. The Morgan fingerprint density at radius 2 is 2.11 bits per heavy atom. The molecular weight excluding hydrogens is 389 g/mol. The van der Waals surface area contributed by atoms with Crippen LogP contribution in [0.2, 0.25) is 10.0 Å². The van der Waals surface area contributed by atoms with Crippen molar-refractivity contribution in [3.8, 4) is 17.2 Å². The average Bonchev–Trinajstić information content (AvgIpc) is 3.09. The molecule has 0 unspecified atom stereocenters. The van der Waals surface area contributed by atoms with Gasteiger partial charge in [0.25, 0.3) is 0 Å². The first-order valence-corrected chi connectivity index (χ1v) is 8.91. The molecule has 3 heterocycles. The maximum atomic E-state index is 11.9. The first kappa shape index (κ1) is 17.7. The van der Waals surface area contributed by atoms with E-state index in [1.807, 2.05) is 6.07 Å². The number of hydrogen-bond donors (Lipinski definition) is 2. The van der Waals surface area contributed by atoms with Gasteiger partial charge in [0.05, 0.1) is 15.6 Å². The van der Waals surface area contributed by atoms with Gasteiger partial charge in [0.2, 0.25) is 11.7 Å². The standard InChI is InChI=1S/C18H13Cl2N5O2/c19-12-3-10(9-5-22-14(4-21)23-6-9)16-11-7-25(15(27)8-26)2-1-13(11)24-18(16)17(12)20/h3,5-6,24,26H,1-2,7-8H2. The van der Waals surface area contributed by atoms with E-state index < -0.39 is 6.61 Å². The number of halogens is 2. The van der Waals surface area contributed by atoms with Gasteiger partial charge in [-0.25, -0.2) is 9.97 Å². The van der Waals surface area contributed by atoms with Gasteiger partial charge in [0, 0.05) is 54.1 Å². The monoisotopic (exact) mass is 401 g/mol. The van der Waals surface area contributed by atoms with Gasteiger partial charge >= 0.3 is 0 Å². The van der Waals surface area contributed by atoms with Gasteiger partial charge in [-0.3, -0.25) is 4.79 Å². The van der Waals surface area contributed by atoms with Crippen LogP contribution >= 0.6 is 23.2 Å². The molecule has 7 nitrogen and oxygen atoms in total. The second kappa shape index (κ2) is 6.82. The fourth-order valence-electron chi connectivity index (χ4n) is 3.40. The SMILES string of the molecule is N#Cc1ncc(-c2cc(Cl)c(Cl)c3[nH]c4c(c23)CN(C(=O)CO)CC4)cn1. The zero-order chi connectivity index (χ0) is 19.1. The zero-order valence-corrected chi connectivity index (χ0v) is 15.5. The van der Waals surface area contributed by atoms with Gasteiger partial charge in [0.1, 0.15) is 12.7 Å². The Bertz CT molecular complexity index is 1100. The molecule has 0 saturated carbocycles. The van der Waals surface area contributed by atoms with Crippen LogP contribution in [0.3, 0.4) is 0 Å². The van der Waals surface area contributed by atoms with Gasteiger partial charge < -0.3 is 15.0 Å². The molecule has 0 saturated heterocycles. The Morgan fingerprint density at radius 1 is 1.37 bits per heavy atom. The second-order valence-corrected chi connectivity index (χ2v) is 6.97. The summed E-state index contributed by atoms with van der Waals surface area (Å²) in [5.74, 6) is -0.246. The van der Waals surface area contributed by atoms with Crippen molar-refractivity contribution in [1.82, 2.24) is 19.9 Å². The van der Waals surface area contributed by atoms with Crippen LogP contribution in [0.4, 0.5) is 0 Å². The summed E-state index contributed by atoms with van der Waals surface area (Å²) in [6.07, 6.45) is 3.74. The van der Waals surface area contributed by atoms with Gasteiger partial charge in [-0.05, 0) is 11.6 Å². The van der Waals surface area contributed by atoms with Crippen molar-refractivity contribution in [2.24, 2.45) is 0 Å². The number of carbonyl (C=O) groups excluding carboxylic acids is 1. The number of fused-ring (bicyclic) bond motifs is 3. The first-order chi connectivity index (χ1) is 13.0. The van der Waals surface area contributed by atoms with Crippen LogP contribution in [0, 0.1) is 11.3 Å². The smallest absolute Gasteiger partial charge is 0.248 e. The zero-order valence-electron chi connectivity index (χ0n) is 14.0. The van der Waals surface area contributed by atoms with E-state index in [0.29, 0.717) is 40.6 Å². The number of aromatic amines is 1. The summed E-state index contributed by atoms with van der Waals surface area (Å²) < 4.78 is 0. The van der Waals surface area contributed by atoms with Crippen LogP contribution in [0.1, 0.15) is 17.1 Å². The van der Waals surface area contributed by atoms with E-state index in [0.717, 1.165) is 22.2 Å². The van der Waals surface area contributed by atoms with E-state index in [2.05, 4.69) is 15.0 Å². The number of aliphatic hydroxyl groups excluding tert-OH is 1. The van der Waals surface area contributed by atoms with E-state index in [1.165, 1.54) is 0 Å². The third-order valence-corrected chi connectivity index (χ3v) is 5.48. The number of nitrogens with zero attached hydrogens (tertiary/aromatic N) is 4. The Balaban J connectivity index is 1.94. The van der Waals surface area contributed by atoms with Gasteiger partial charge in [0.15, 0.2) is 0 Å². The number of hydrogen-bond acceptors (Lipinski definition) is 5. The number of rotatable bonds is 2. The Morgan fingerprint density at radius 3 is 2.78 bits per heavy atom. The molecule has 2 N–H and O–H groups in total. The van der Waals surface area contributed by atoms with Crippen molar-refractivity contribution in [3.63, 3.8) is 0 Å². The summed E-state index contributed by atoms with van der Waals surface area (Å²) in [5, 5.41) is 19.7. The van der Waals surface area contributed by atoms with Gasteiger partial charge in [-0.1, -0.05) is 23.2 Å². The maximum Gasteiger partial charge on any atom is 0.248 e. The van der Waals surface area contributed by atoms with Crippen molar-refractivity contribution in [3.05, 3.63) is 45.6 Å². The summed E-state index contributed by atoms with van der Waals surface area (Å²) in [5.41, 5.74) is 4.04. The molecule has 1 aliphatic heterocycles. The number of amides is 1. The quantitative estimate of drug-likeness (QED) is 0.686. The lowest BCUT2D eigenvalue weighted by atomic mass is 9.97. The van der Waals surface area contributed by atoms with Crippen LogP contribution in [0.5, 0.6) is 0 Å². The third-order valence-electron chi connectivity index (χ3n) is 4.69. The molecule has 1 amide bonds. The summed E-state index contributed by atoms with van der Waals surface area (Å²) in [4.78, 5) is 24.9. The molecule has 9 heteroatoms. The lowest BCUT2D eigenvalue weighted by molar-refractivity contribution is -0.135. The van der Waals surface area contributed by atoms with E-state index in [-0.39, 0.29) is 11.7 Å². The number of H-pyrrole nitrogens is 1. The molecule has 0 bridgehead atoms. The Kier molecular flexibility index (Phi) is 4.48. The summed E-state index contributed by atoms with van der Waals surface area (Å²) >= 11 is 12.7. The number of benzene rings is 1. The van der Waals surface area contributed by atoms with Gasteiger partial charge in [-0.2, -0.15) is 5.26 Å². The van der Waals surface area contributed by atoms with E-state index in [1.54, 1.807) is 23.4 Å². The molecule has 0 atom stereocenters. The molecule has 0 aliphatic carbocycles. The molecule has 1 aliphatic rings. The van der Waals surface area contributed by atoms with Gasteiger partial charge in [-0.15, -0.1) is 0 Å². The molecule has 0 fully saturated rings. The highest BCUT2D eigenvalue weighted by Gasteiger charge is 2.27. The minimum absolute atomic E-state index is 0.0749. The lowest BCUT2D eigenvalue weighted by Gasteiger charge is -2.26.